The average Bonchev–Trinajstić information content (AvgIpc) is 2.39. The molecule has 0 saturated carbocycles. The molecule has 2 aromatic rings. The summed E-state index contributed by atoms with van der Waals surface area (Å²) in [6, 6.07) is 8.00. The lowest BCUT2D eigenvalue weighted by molar-refractivity contribution is 0.0690. The molecule has 7 heteroatoms. The van der Waals surface area contributed by atoms with Gasteiger partial charge in [-0.1, -0.05) is 15.9 Å². The molecule has 2 rings (SSSR count). The fourth-order valence-corrected chi connectivity index (χ4v) is 2.69. The number of benzene rings is 1. The molecule has 0 radical (unpaired) electrons. The molecule has 2 N–H and O–H groups in total. The predicted octanol–water partition coefficient (Wildman–Crippen LogP) is 3.56. The lowest BCUT2D eigenvalue weighted by Gasteiger charge is -2.07. The Kier molecular flexibility index (Phi) is 4.51. The number of amides is 1. The van der Waals surface area contributed by atoms with Crippen LogP contribution in [0.5, 0.6) is 0 Å². The number of carbonyl (C=O) groups excluding carboxylic acids is 1. The maximum atomic E-state index is 12.1. The van der Waals surface area contributed by atoms with Gasteiger partial charge in [-0.2, -0.15) is 0 Å². The first-order valence-corrected chi connectivity index (χ1v) is 7.02. The Morgan fingerprint density at radius 1 is 1.15 bits per heavy atom. The van der Waals surface area contributed by atoms with E-state index in [0.29, 0.717) is 15.7 Å². The second-order valence-electron chi connectivity index (χ2n) is 3.82. The van der Waals surface area contributed by atoms with Gasteiger partial charge in [0.25, 0.3) is 5.91 Å². The van der Waals surface area contributed by atoms with Gasteiger partial charge in [-0.25, -0.2) is 9.78 Å². The van der Waals surface area contributed by atoms with Gasteiger partial charge >= 0.3 is 5.97 Å². The van der Waals surface area contributed by atoms with Crippen LogP contribution in [0.25, 0.3) is 0 Å². The van der Waals surface area contributed by atoms with Gasteiger partial charge in [0.1, 0.15) is 5.69 Å². The van der Waals surface area contributed by atoms with Crippen molar-refractivity contribution in [2.45, 2.75) is 0 Å². The molecule has 5 nitrogen and oxygen atoms in total. The highest BCUT2D eigenvalue weighted by Gasteiger charge is 2.11. The van der Waals surface area contributed by atoms with E-state index in [0.717, 1.165) is 4.47 Å². The van der Waals surface area contributed by atoms with E-state index in [1.165, 1.54) is 18.3 Å². The molecule has 20 heavy (non-hydrogen) atoms. The predicted molar refractivity (Wildman–Crippen MR) is 81.0 cm³/mol. The van der Waals surface area contributed by atoms with Gasteiger partial charge in [-0.05, 0) is 46.3 Å². The third kappa shape index (κ3) is 3.43. The Morgan fingerprint density at radius 2 is 1.90 bits per heavy atom. The molecule has 0 aliphatic rings. The van der Waals surface area contributed by atoms with E-state index in [1.807, 2.05) is 0 Å². The zero-order chi connectivity index (χ0) is 14.7. The van der Waals surface area contributed by atoms with Crippen LogP contribution in [0.15, 0.2) is 45.5 Å². The number of rotatable bonds is 3. The fraction of sp³-hybridized carbons (Fsp3) is 0. The molecule has 0 aliphatic heterocycles. The van der Waals surface area contributed by atoms with Crippen LogP contribution in [0, 0.1) is 0 Å². The number of carboxylic acids is 1. The Bertz CT molecular complexity index is 672. The Labute approximate surface area is 131 Å². The van der Waals surface area contributed by atoms with Crippen LogP contribution in [0.1, 0.15) is 20.8 Å². The SMILES string of the molecule is O=C(O)c1ccc(NC(=O)c2ccc(Br)cc2Br)cn1. The highest BCUT2D eigenvalue weighted by atomic mass is 79.9. The zero-order valence-electron chi connectivity index (χ0n) is 9.93. The zero-order valence-corrected chi connectivity index (χ0v) is 13.1. The molecule has 102 valence electrons. The Hall–Kier alpha value is -1.73. The number of hydrogen-bond acceptors (Lipinski definition) is 3. The van der Waals surface area contributed by atoms with Crippen molar-refractivity contribution in [3.05, 3.63) is 56.7 Å². The molecule has 0 spiro atoms. The minimum Gasteiger partial charge on any atom is -0.477 e. The minimum absolute atomic E-state index is 0.0761. The van der Waals surface area contributed by atoms with E-state index in [4.69, 9.17) is 5.11 Å². The van der Waals surface area contributed by atoms with E-state index >= 15 is 0 Å². The molecule has 0 fully saturated rings. The topological polar surface area (TPSA) is 79.3 Å². The first-order valence-electron chi connectivity index (χ1n) is 5.43. The largest absolute Gasteiger partial charge is 0.477 e. The number of halogens is 2. The lowest BCUT2D eigenvalue weighted by Crippen LogP contribution is -2.13. The third-order valence-corrected chi connectivity index (χ3v) is 3.57. The summed E-state index contributed by atoms with van der Waals surface area (Å²) < 4.78 is 1.51. The molecule has 1 aromatic carbocycles. The van der Waals surface area contributed by atoms with E-state index in [2.05, 4.69) is 42.2 Å². The van der Waals surface area contributed by atoms with E-state index in [9.17, 15) is 9.59 Å². The molecule has 0 unspecified atom stereocenters. The quantitative estimate of drug-likeness (QED) is 0.826. The molecular formula is C13H8Br2N2O3. The molecule has 0 atom stereocenters. The first-order chi connectivity index (χ1) is 9.47. The smallest absolute Gasteiger partial charge is 0.354 e. The number of aromatic carboxylic acids is 1. The summed E-state index contributed by atoms with van der Waals surface area (Å²) in [6.45, 7) is 0. The van der Waals surface area contributed by atoms with Gasteiger partial charge in [0.2, 0.25) is 0 Å². The average molecular weight is 400 g/mol. The van der Waals surface area contributed by atoms with Crippen molar-refractivity contribution in [3.63, 3.8) is 0 Å². The number of carbonyl (C=O) groups is 2. The summed E-state index contributed by atoms with van der Waals surface area (Å²) in [4.78, 5) is 26.5. The maximum Gasteiger partial charge on any atom is 0.354 e. The van der Waals surface area contributed by atoms with Crippen molar-refractivity contribution >= 4 is 49.4 Å². The van der Waals surface area contributed by atoms with Gasteiger partial charge in [-0.15, -0.1) is 0 Å². The molecule has 1 heterocycles. The molecule has 1 aromatic heterocycles. The summed E-state index contributed by atoms with van der Waals surface area (Å²) in [6.07, 6.45) is 1.30. The van der Waals surface area contributed by atoms with Crippen LogP contribution >= 0.6 is 31.9 Å². The van der Waals surface area contributed by atoms with E-state index < -0.39 is 5.97 Å². The summed E-state index contributed by atoms with van der Waals surface area (Å²) in [5.41, 5.74) is 0.818. The van der Waals surface area contributed by atoms with Crippen LogP contribution in [-0.2, 0) is 0 Å². The number of pyridine rings is 1. The molecule has 0 bridgehead atoms. The minimum atomic E-state index is -1.11. The third-order valence-electron chi connectivity index (χ3n) is 2.42. The highest BCUT2D eigenvalue weighted by molar-refractivity contribution is 9.11. The van der Waals surface area contributed by atoms with Crippen LogP contribution in [0.3, 0.4) is 0 Å². The number of aromatic nitrogens is 1. The number of anilines is 1. The number of nitrogens with zero attached hydrogens (tertiary/aromatic N) is 1. The molecular weight excluding hydrogens is 392 g/mol. The first kappa shape index (κ1) is 14.7. The highest BCUT2D eigenvalue weighted by Crippen LogP contribution is 2.22. The fourth-order valence-electron chi connectivity index (χ4n) is 1.47. The van der Waals surface area contributed by atoms with Crippen molar-refractivity contribution in [3.8, 4) is 0 Å². The van der Waals surface area contributed by atoms with Crippen LogP contribution in [-0.4, -0.2) is 22.0 Å². The summed E-state index contributed by atoms with van der Waals surface area (Å²) >= 11 is 6.61. The monoisotopic (exact) mass is 398 g/mol. The number of hydrogen-bond donors (Lipinski definition) is 2. The van der Waals surface area contributed by atoms with Crippen molar-refractivity contribution in [1.82, 2.24) is 4.98 Å². The van der Waals surface area contributed by atoms with Crippen molar-refractivity contribution in [2.24, 2.45) is 0 Å². The van der Waals surface area contributed by atoms with Gasteiger partial charge in [0.05, 0.1) is 17.4 Å². The maximum absolute atomic E-state index is 12.1. The van der Waals surface area contributed by atoms with Gasteiger partial charge in [0.15, 0.2) is 0 Å². The number of carboxylic acid groups (broad SMARTS) is 1. The van der Waals surface area contributed by atoms with Crippen molar-refractivity contribution < 1.29 is 14.7 Å². The Balaban J connectivity index is 2.17. The van der Waals surface area contributed by atoms with Gasteiger partial charge < -0.3 is 10.4 Å². The second-order valence-corrected chi connectivity index (χ2v) is 5.59. The van der Waals surface area contributed by atoms with Crippen molar-refractivity contribution in [2.75, 3.05) is 5.32 Å². The van der Waals surface area contributed by atoms with Crippen molar-refractivity contribution in [1.29, 1.82) is 0 Å². The summed E-state index contributed by atoms with van der Waals surface area (Å²) in [5, 5.41) is 11.4. The lowest BCUT2D eigenvalue weighted by atomic mass is 10.2. The molecule has 0 saturated heterocycles. The normalized spacial score (nSPS) is 10.1. The second kappa shape index (κ2) is 6.15. The summed E-state index contributed by atoms with van der Waals surface area (Å²) in [7, 11) is 0. The van der Waals surface area contributed by atoms with E-state index in [1.54, 1.807) is 18.2 Å². The number of nitrogens with one attached hydrogen (secondary N) is 1. The van der Waals surface area contributed by atoms with Gasteiger partial charge in [-0.3, -0.25) is 4.79 Å². The van der Waals surface area contributed by atoms with Gasteiger partial charge in [0, 0.05) is 8.95 Å². The molecule has 0 aliphatic carbocycles. The summed E-state index contributed by atoms with van der Waals surface area (Å²) in [5.74, 6) is -1.42. The molecule has 1 amide bonds. The van der Waals surface area contributed by atoms with Crippen LogP contribution in [0.4, 0.5) is 5.69 Å². The van der Waals surface area contributed by atoms with Crippen LogP contribution < -0.4 is 5.32 Å². The standard InChI is InChI=1S/C13H8Br2N2O3/c14-7-1-3-9(10(15)5-7)12(18)17-8-2-4-11(13(19)20)16-6-8/h1-6H,(H,17,18)(H,19,20). The van der Waals surface area contributed by atoms with Crippen LogP contribution in [0.2, 0.25) is 0 Å². The van der Waals surface area contributed by atoms with E-state index in [-0.39, 0.29) is 11.6 Å². The Morgan fingerprint density at radius 3 is 2.45 bits per heavy atom.